The van der Waals surface area contributed by atoms with Crippen molar-refractivity contribution in [3.8, 4) is 0 Å². The first kappa shape index (κ1) is 13.0. The van der Waals surface area contributed by atoms with Gasteiger partial charge in [-0.25, -0.2) is 0 Å². The number of aromatic nitrogens is 2. The van der Waals surface area contributed by atoms with Crippen LogP contribution in [0.2, 0.25) is 0 Å². The molecule has 1 aromatic heterocycles. The van der Waals surface area contributed by atoms with Crippen LogP contribution in [0.1, 0.15) is 18.2 Å². The van der Waals surface area contributed by atoms with Gasteiger partial charge in [-0.1, -0.05) is 22.9 Å². The first-order valence-electron chi connectivity index (χ1n) is 5.86. The van der Waals surface area contributed by atoms with Crippen molar-refractivity contribution in [1.29, 1.82) is 0 Å². The number of hydrogen-bond donors (Lipinski definition) is 2. The number of rotatable bonds is 3. The zero-order valence-corrected chi connectivity index (χ0v) is 12.4. The molecule has 0 amide bonds. The molecule has 0 unspecified atom stereocenters. The van der Waals surface area contributed by atoms with Crippen LogP contribution in [0.5, 0.6) is 0 Å². The van der Waals surface area contributed by atoms with Gasteiger partial charge in [-0.05, 0) is 37.1 Å². The summed E-state index contributed by atoms with van der Waals surface area (Å²) in [4.78, 5) is 0. The van der Waals surface area contributed by atoms with Crippen LogP contribution >= 0.6 is 15.9 Å². The van der Waals surface area contributed by atoms with Gasteiger partial charge in [0.15, 0.2) is 5.82 Å². The van der Waals surface area contributed by atoms with Gasteiger partial charge in [-0.3, -0.25) is 4.68 Å². The molecule has 18 heavy (non-hydrogen) atoms. The first-order chi connectivity index (χ1) is 8.51. The highest BCUT2D eigenvalue weighted by Gasteiger charge is 2.12. The Morgan fingerprint density at radius 1 is 1.39 bits per heavy atom. The van der Waals surface area contributed by atoms with E-state index < -0.39 is 0 Å². The van der Waals surface area contributed by atoms with Crippen LogP contribution in [-0.4, -0.2) is 9.78 Å². The van der Waals surface area contributed by atoms with Crippen molar-refractivity contribution in [1.82, 2.24) is 9.78 Å². The van der Waals surface area contributed by atoms with Crippen LogP contribution in [0.3, 0.4) is 0 Å². The Morgan fingerprint density at radius 3 is 2.67 bits per heavy atom. The molecule has 0 spiro atoms. The second-order valence-electron chi connectivity index (χ2n) is 4.33. The quantitative estimate of drug-likeness (QED) is 0.914. The molecular weight excluding hydrogens is 292 g/mol. The molecule has 1 aromatic carbocycles. The largest absolute Gasteiger partial charge is 0.394 e. The second kappa shape index (κ2) is 5.02. The van der Waals surface area contributed by atoms with E-state index in [0.29, 0.717) is 0 Å². The molecular formula is C13H17BrN4. The second-order valence-corrected chi connectivity index (χ2v) is 5.24. The Labute approximate surface area is 115 Å². The molecule has 0 saturated heterocycles. The Balaban J connectivity index is 2.36. The number of anilines is 3. The molecule has 0 aliphatic heterocycles. The van der Waals surface area contributed by atoms with Gasteiger partial charge < -0.3 is 11.1 Å². The topological polar surface area (TPSA) is 55.9 Å². The van der Waals surface area contributed by atoms with Gasteiger partial charge in [0.1, 0.15) is 0 Å². The van der Waals surface area contributed by atoms with Crippen molar-refractivity contribution >= 4 is 33.1 Å². The molecule has 96 valence electrons. The molecule has 0 bridgehead atoms. The lowest BCUT2D eigenvalue weighted by Crippen LogP contribution is -2.01. The zero-order valence-electron chi connectivity index (χ0n) is 10.8. The molecule has 1 heterocycles. The van der Waals surface area contributed by atoms with E-state index in [0.717, 1.165) is 33.8 Å². The van der Waals surface area contributed by atoms with Gasteiger partial charge in [0.05, 0.1) is 11.4 Å². The third-order valence-electron chi connectivity index (χ3n) is 2.80. The summed E-state index contributed by atoms with van der Waals surface area (Å²) in [5, 5.41) is 7.71. The van der Waals surface area contributed by atoms with E-state index in [1.54, 1.807) is 4.68 Å². The van der Waals surface area contributed by atoms with Gasteiger partial charge in [-0.2, -0.15) is 5.10 Å². The number of hydrogen-bond acceptors (Lipinski definition) is 3. The molecule has 0 saturated carbocycles. The van der Waals surface area contributed by atoms with Crippen molar-refractivity contribution in [2.45, 2.75) is 20.3 Å². The zero-order chi connectivity index (χ0) is 13.3. The third kappa shape index (κ3) is 2.51. The molecule has 0 aliphatic carbocycles. The lowest BCUT2D eigenvalue weighted by molar-refractivity contribution is 0.753. The number of benzene rings is 1. The average molecular weight is 309 g/mol. The molecule has 2 aromatic rings. The van der Waals surface area contributed by atoms with E-state index in [1.165, 1.54) is 5.56 Å². The van der Waals surface area contributed by atoms with Gasteiger partial charge in [0, 0.05) is 17.2 Å². The fraction of sp³-hybridized carbons (Fsp3) is 0.308. The Kier molecular flexibility index (Phi) is 3.61. The maximum absolute atomic E-state index is 6.08. The summed E-state index contributed by atoms with van der Waals surface area (Å²) >= 11 is 3.49. The fourth-order valence-corrected chi connectivity index (χ4v) is 2.56. The molecule has 4 nitrogen and oxygen atoms in total. The van der Waals surface area contributed by atoms with E-state index in [-0.39, 0.29) is 0 Å². The number of halogens is 1. The molecule has 0 atom stereocenters. The lowest BCUT2D eigenvalue weighted by Gasteiger charge is -2.09. The van der Waals surface area contributed by atoms with E-state index in [4.69, 9.17) is 5.73 Å². The van der Waals surface area contributed by atoms with Crippen LogP contribution in [0.25, 0.3) is 0 Å². The number of aryl methyl sites for hydroxylation is 3. The van der Waals surface area contributed by atoms with Crippen molar-refractivity contribution in [3.63, 3.8) is 0 Å². The molecule has 2 rings (SSSR count). The van der Waals surface area contributed by atoms with Crippen LogP contribution in [0.4, 0.5) is 17.2 Å². The predicted octanol–water partition coefficient (Wildman–Crippen LogP) is 3.38. The predicted molar refractivity (Wildman–Crippen MR) is 79.2 cm³/mol. The van der Waals surface area contributed by atoms with Gasteiger partial charge >= 0.3 is 0 Å². The lowest BCUT2D eigenvalue weighted by atomic mass is 10.2. The number of nitrogens with one attached hydrogen (secondary N) is 1. The molecule has 0 radical (unpaired) electrons. The van der Waals surface area contributed by atoms with Crippen molar-refractivity contribution in [2.24, 2.45) is 7.05 Å². The smallest absolute Gasteiger partial charge is 0.152 e. The average Bonchev–Trinajstić information content (AvgIpc) is 2.55. The monoisotopic (exact) mass is 308 g/mol. The summed E-state index contributed by atoms with van der Waals surface area (Å²) in [6.07, 6.45) is 0.832. The SMILES string of the molecule is CCc1nn(C)c(Nc2cc(C)cc(Br)c2)c1N. The van der Waals surface area contributed by atoms with Crippen molar-refractivity contribution in [3.05, 3.63) is 33.9 Å². The summed E-state index contributed by atoms with van der Waals surface area (Å²) in [6, 6.07) is 6.16. The summed E-state index contributed by atoms with van der Waals surface area (Å²) in [5.74, 6) is 0.837. The highest BCUT2D eigenvalue weighted by atomic mass is 79.9. The molecule has 5 heteroatoms. The third-order valence-corrected chi connectivity index (χ3v) is 3.26. The minimum atomic E-state index is 0.720. The highest BCUT2D eigenvalue weighted by Crippen LogP contribution is 2.28. The van der Waals surface area contributed by atoms with Gasteiger partial charge in [0.2, 0.25) is 0 Å². The van der Waals surface area contributed by atoms with Crippen LogP contribution < -0.4 is 11.1 Å². The minimum absolute atomic E-state index is 0.720. The van der Waals surface area contributed by atoms with Crippen LogP contribution in [0, 0.1) is 6.92 Å². The molecule has 0 aliphatic rings. The fourth-order valence-electron chi connectivity index (χ4n) is 1.95. The highest BCUT2D eigenvalue weighted by molar-refractivity contribution is 9.10. The van der Waals surface area contributed by atoms with Crippen LogP contribution in [0.15, 0.2) is 22.7 Å². The van der Waals surface area contributed by atoms with E-state index >= 15 is 0 Å². The van der Waals surface area contributed by atoms with E-state index in [1.807, 2.05) is 20.0 Å². The summed E-state index contributed by atoms with van der Waals surface area (Å²) in [6.45, 7) is 4.10. The molecule has 0 fully saturated rings. The summed E-state index contributed by atoms with van der Waals surface area (Å²) < 4.78 is 2.83. The minimum Gasteiger partial charge on any atom is -0.394 e. The van der Waals surface area contributed by atoms with E-state index in [2.05, 4.69) is 45.4 Å². The summed E-state index contributed by atoms with van der Waals surface area (Å²) in [5.41, 5.74) is 9.91. The number of nitrogens with zero attached hydrogens (tertiary/aromatic N) is 2. The van der Waals surface area contributed by atoms with E-state index in [9.17, 15) is 0 Å². The van der Waals surface area contributed by atoms with Crippen molar-refractivity contribution in [2.75, 3.05) is 11.1 Å². The standard InChI is InChI=1S/C13H17BrN4/c1-4-11-12(15)13(18(3)17-11)16-10-6-8(2)5-9(14)7-10/h5-7,16H,4,15H2,1-3H3. The Hall–Kier alpha value is -1.49. The van der Waals surface area contributed by atoms with Crippen molar-refractivity contribution < 1.29 is 0 Å². The maximum Gasteiger partial charge on any atom is 0.152 e. The normalized spacial score (nSPS) is 10.7. The first-order valence-corrected chi connectivity index (χ1v) is 6.66. The van der Waals surface area contributed by atoms with Crippen LogP contribution in [-0.2, 0) is 13.5 Å². The number of nitrogens with two attached hydrogens (primary N) is 1. The van der Waals surface area contributed by atoms with Gasteiger partial charge in [0.25, 0.3) is 0 Å². The molecule has 3 N–H and O–H groups in total. The number of nitrogen functional groups attached to an aromatic ring is 1. The van der Waals surface area contributed by atoms with Gasteiger partial charge in [-0.15, -0.1) is 0 Å². The summed E-state index contributed by atoms with van der Waals surface area (Å²) in [7, 11) is 1.89. The maximum atomic E-state index is 6.08. The Morgan fingerprint density at radius 2 is 2.11 bits per heavy atom. The Bertz CT molecular complexity index is 554.